The summed E-state index contributed by atoms with van der Waals surface area (Å²) in [5, 5.41) is 16.2. The van der Waals surface area contributed by atoms with Gasteiger partial charge >= 0.3 is 12.1 Å². The summed E-state index contributed by atoms with van der Waals surface area (Å²) in [6.45, 7) is 2.65. The molecule has 1 unspecified atom stereocenters. The molecule has 2 heterocycles. The van der Waals surface area contributed by atoms with Gasteiger partial charge in [0.05, 0.1) is 55.9 Å². The molecule has 2 aromatic heterocycles. The quantitative estimate of drug-likeness (QED) is 0.182. The summed E-state index contributed by atoms with van der Waals surface area (Å²) in [6, 6.07) is 15.8. The maximum atomic E-state index is 13.8. The number of alkyl halides is 3. The second kappa shape index (κ2) is 12.2. The van der Waals surface area contributed by atoms with Gasteiger partial charge < -0.3 is 10.1 Å². The lowest BCUT2D eigenvalue weighted by Crippen LogP contribution is -2.53. The van der Waals surface area contributed by atoms with Crippen LogP contribution >= 0.6 is 0 Å². The van der Waals surface area contributed by atoms with Gasteiger partial charge in [0.15, 0.2) is 0 Å². The minimum atomic E-state index is -4.67. The van der Waals surface area contributed by atoms with Gasteiger partial charge in [0.25, 0.3) is 17.7 Å². The highest BCUT2D eigenvalue weighted by Gasteiger charge is 2.32. The zero-order chi connectivity index (χ0) is 32.4. The van der Waals surface area contributed by atoms with Gasteiger partial charge in [0.2, 0.25) is 0 Å². The highest BCUT2D eigenvalue weighted by molar-refractivity contribution is 5.95. The van der Waals surface area contributed by atoms with Crippen molar-refractivity contribution in [2.24, 2.45) is 0 Å². The lowest BCUT2D eigenvalue weighted by molar-refractivity contribution is -0.915. The molecule has 0 fully saturated rings. The van der Waals surface area contributed by atoms with E-state index in [1.165, 1.54) is 36.0 Å². The van der Waals surface area contributed by atoms with E-state index >= 15 is 0 Å². The fourth-order valence-electron chi connectivity index (χ4n) is 4.59. The Kier molecular flexibility index (Phi) is 8.78. The number of nitrogens with zero attached hydrogens (tertiary/aromatic N) is 5. The number of esters is 1. The molecule has 0 aliphatic rings. The Hall–Kier alpha value is -5.22. The van der Waals surface area contributed by atoms with Crippen molar-refractivity contribution >= 4 is 11.9 Å². The number of hydrogen-bond donors (Lipinski definition) is 1. The molecule has 2 aromatic carbocycles. The van der Waals surface area contributed by atoms with Crippen LogP contribution in [-0.4, -0.2) is 64.6 Å². The number of carbonyl (C=O) groups is 2. The Bertz CT molecular complexity index is 1810. The molecule has 0 bridgehead atoms. The van der Waals surface area contributed by atoms with Crippen LogP contribution in [0.1, 0.15) is 34.1 Å². The summed E-state index contributed by atoms with van der Waals surface area (Å²) in [5.41, 5.74) is -0.219. The average Bonchev–Trinajstić information content (AvgIpc) is 3.44. The van der Waals surface area contributed by atoms with Crippen LogP contribution < -0.4 is 10.9 Å². The van der Waals surface area contributed by atoms with Gasteiger partial charge in [-0.25, -0.2) is 4.68 Å². The molecule has 4 aromatic rings. The summed E-state index contributed by atoms with van der Waals surface area (Å²) >= 11 is 0. The van der Waals surface area contributed by atoms with Crippen LogP contribution in [0.2, 0.25) is 0 Å². The largest absolute Gasteiger partial charge is 0.416 e. The van der Waals surface area contributed by atoms with E-state index in [1.807, 2.05) is 6.07 Å². The predicted octanol–water partition coefficient (Wildman–Crippen LogP) is 4.21. The number of amides is 1. The number of pyridine rings is 1. The topological polar surface area (TPSA) is 119 Å². The van der Waals surface area contributed by atoms with Crippen LogP contribution in [0.5, 0.6) is 0 Å². The van der Waals surface area contributed by atoms with Crippen LogP contribution in [-0.2, 0) is 15.7 Å². The molecule has 0 radical (unpaired) electrons. The van der Waals surface area contributed by atoms with E-state index in [9.17, 15) is 32.8 Å². The molecule has 1 atom stereocenters. The molecule has 0 aliphatic carbocycles. The lowest BCUT2D eigenvalue weighted by Gasteiger charge is -2.32. The first-order chi connectivity index (χ1) is 20.6. The van der Waals surface area contributed by atoms with E-state index in [1.54, 1.807) is 58.4 Å². The van der Waals surface area contributed by atoms with E-state index in [0.717, 1.165) is 16.7 Å². The highest BCUT2D eigenvalue weighted by Crippen LogP contribution is 2.32. The molecule has 0 saturated carbocycles. The van der Waals surface area contributed by atoms with E-state index in [4.69, 9.17) is 4.74 Å². The molecule has 228 valence electrons. The standard InChI is InChI=1S/C31H29F3N6O4/c1-19-25(27-13-14-37-39(27)23-11-9-21(17-35)10-12-23)16-26(29(42)36-18-28(40(3,4)5)44-20(2)41)30(43)38(19)24-8-6-7-22(15-24)31(32,33)34/h6-16,28H,18H2,1-5H3/p+1. The predicted molar refractivity (Wildman–Crippen MR) is 155 cm³/mol. The van der Waals surface area contributed by atoms with Gasteiger partial charge in [0.1, 0.15) is 12.1 Å². The number of ether oxygens (including phenoxy) is 1. The lowest BCUT2D eigenvalue weighted by atomic mass is 10.0. The Morgan fingerprint density at radius 2 is 1.75 bits per heavy atom. The molecule has 4 rings (SSSR count). The molecular weight excluding hydrogens is 577 g/mol. The molecule has 0 saturated heterocycles. The van der Waals surface area contributed by atoms with Gasteiger partial charge in [-0.1, -0.05) is 6.07 Å². The molecule has 1 amide bonds. The minimum absolute atomic E-state index is 0.0909. The average molecular weight is 608 g/mol. The maximum Gasteiger partial charge on any atom is 0.416 e. The minimum Gasteiger partial charge on any atom is -0.411 e. The molecular formula is C31H30F3N6O4+. The van der Waals surface area contributed by atoms with Crippen LogP contribution in [0.25, 0.3) is 22.6 Å². The van der Waals surface area contributed by atoms with Crippen molar-refractivity contribution < 1.29 is 32.0 Å². The Morgan fingerprint density at radius 1 is 1.07 bits per heavy atom. The molecule has 1 N–H and O–H groups in total. The number of benzene rings is 2. The third kappa shape index (κ3) is 6.71. The van der Waals surface area contributed by atoms with Gasteiger partial charge in [-0.05, 0) is 61.5 Å². The second-order valence-electron chi connectivity index (χ2n) is 10.9. The second-order valence-corrected chi connectivity index (χ2v) is 10.9. The van der Waals surface area contributed by atoms with Gasteiger partial charge in [-0.3, -0.25) is 23.4 Å². The summed E-state index contributed by atoms with van der Waals surface area (Å²) in [6.07, 6.45) is -3.96. The van der Waals surface area contributed by atoms with E-state index in [0.29, 0.717) is 22.5 Å². The van der Waals surface area contributed by atoms with Crippen molar-refractivity contribution in [3.05, 3.63) is 99.6 Å². The van der Waals surface area contributed by atoms with Crippen molar-refractivity contribution in [2.45, 2.75) is 26.3 Å². The number of halogens is 3. The van der Waals surface area contributed by atoms with Crippen molar-refractivity contribution in [2.75, 3.05) is 27.7 Å². The number of nitrogens with one attached hydrogen (secondary N) is 1. The fraction of sp³-hybridized carbons (Fsp3) is 0.258. The van der Waals surface area contributed by atoms with Crippen molar-refractivity contribution in [1.29, 1.82) is 5.26 Å². The molecule has 0 aliphatic heterocycles. The van der Waals surface area contributed by atoms with Crippen LogP contribution in [0.15, 0.2) is 71.7 Å². The molecule has 13 heteroatoms. The first-order valence-electron chi connectivity index (χ1n) is 13.4. The monoisotopic (exact) mass is 607 g/mol. The third-order valence-electron chi connectivity index (χ3n) is 6.89. The summed E-state index contributed by atoms with van der Waals surface area (Å²) in [4.78, 5) is 39.0. The SMILES string of the molecule is CC(=O)OC(CNC(=O)c1cc(-c2ccnn2-c2ccc(C#N)cc2)c(C)n(-c2cccc(C(F)(F)F)c2)c1=O)[N+](C)(C)C. The fourth-order valence-corrected chi connectivity index (χ4v) is 4.59. The van der Waals surface area contributed by atoms with E-state index in [2.05, 4.69) is 10.4 Å². The van der Waals surface area contributed by atoms with Crippen LogP contribution in [0, 0.1) is 18.3 Å². The summed E-state index contributed by atoms with van der Waals surface area (Å²) in [5.74, 6) is -1.37. The number of carbonyl (C=O) groups excluding carboxylic acids is 2. The first kappa shape index (κ1) is 31.7. The van der Waals surface area contributed by atoms with Crippen molar-refractivity contribution in [3.8, 4) is 28.7 Å². The Morgan fingerprint density at radius 3 is 2.34 bits per heavy atom. The summed E-state index contributed by atoms with van der Waals surface area (Å²) in [7, 11) is 5.28. The Labute approximate surface area is 251 Å². The third-order valence-corrected chi connectivity index (χ3v) is 6.89. The van der Waals surface area contributed by atoms with Crippen LogP contribution in [0.3, 0.4) is 0 Å². The van der Waals surface area contributed by atoms with Crippen molar-refractivity contribution in [1.82, 2.24) is 19.7 Å². The van der Waals surface area contributed by atoms with Crippen LogP contribution in [0.4, 0.5) is 13.2 Å². The normalized spacial score (nSPS) is 12.3. The van der Waals surface area contributed by atoms with Gasteiger partial charge in [0, 0.05) is 23.9 Å². The zero-order valence-corrected chi connectivity index (χ0v) is 24.6. The first-order valence-corrected chi connectivity index (χ1v) is 13.4. The van der Waals surface area contributed by atoms with E-state index < -0.39 is 35.4 Å². The number of hydrogen-bond acceptors (Lipinski definition) is 6. The van der Waals surface area contributed by atoms with Gasteiger partial charge in [-0.2, -0.15) is 23.5 Å². The Balaban J connectivity index is 1.90. The summed E-state index contributed by atoms with van der Waals surface area (Å²) < 4.78 is 49.0. The number of nitriles is 1. The zero-order valence-electron chi connectivity index (χ0n) is 24.6. The number of rotatable bonds is 8. The van der Waals surface area contributed by atoms with E-state index in [-0.39, 0.29) is 28.0 Å². The van der Waals surface area contributed by atoms with Crippen molar-refractivity contribution in [3.63, 3.8) is 0 Å². The molecule has 10 nitrogen and oxygen atoms in total. The maximum absolute atomic E-state index is 13.8. The molecule has 0 spiro atoms. The smallest absolute Gasteiger partial charge is 0.411 e. The van der Waals surface area contributed by atoms with Gasteiger partial charge in [-0.15, -0.1) is 0 Å². The number of quaternary nitrogens is 1. The highest BCUT2D eigenvalue weighted by atomic mass is 19.4. The molecule has 44 heavy (non-hydrogen) atoms. The number of aromatic nitrogens is 3. The number of likely N-dealkylation sites (N-methyl/N-ethyl adjacent to an activating group) is 1.